The highest BCUT2D eigenvalue weighted by Gasteiger charge is 2.21. The number of hydrogen-bond donors (Lipinski definition) is 1. The van der Waals surface area contributed by atoms with Crippen LogP contribution in [-0.4, -0.2) is 19.3 Å². The number of halogens is 2. The van der Waals surface area contributed by atoms with Crippen LogP contribution in [-0.2, 0) is 0 Å². The highest BCUT2D eigenvalue weighted by molar-refractivity contribution is 9.11. The number of aliphatic hydroxyl groups is 1. The first-order chi connectivity index (χ1) is 9.56. The van der Waals surface area contributed by atoms with Crippen LogP contribution in [0.15, 0.2) is 45.3 Å². The van der Waals surface area contributed by atoms with Crippen molar-refractivity contribution in [2.75, 3.05) is 14.2 Å². The summed E-state index contributed by atoms with van der Waals surface area (Å²) in [6.45, 7) is 0. The van der Waals surface area contributed by atoms with Crippen LogP contribution in [0.5, 0.6) is 11.5 Å². The van der Waals surface area contributed by atoms with Crippen molar-refractivity contribution in [2.45, 2.75) is 6.10 Å². The Morgan fingerprint density at radius 1 is 0.950 bits per heavy atom. The van der Waals surface area contributed by atoms with Gasteiger partial charge in [-0.25, -0.2) is 0 Å². The molecule has 20 heavy (non-hydrogen) atoms. The summed E-state index contributed by atoms with van der Waals surface area (Å²) in [6.07, 6.45) is -0.838. The molecule has 0 saturated carbocycles. The monoisotopic (exact) mass is 400 g/mol. The number of methoxy groups -OCH3 is 2. The van der Waals surface area contributed by atoms with Gasteiger partial charge in [-0.05, 0) is 35.9 Å². The van der Waals surface area contributed by atoms with E-state index < -0.39 is 6.10 Å². The lowest BCUT2D eigenvalue weighted by Crippen LogP contribution is -2.05. The molecule has 1 atom stereocenters. The van der Waals surface area contributed by atoms with Gasteiger partial charge < -0.3 is 14.6 Å². The normalized spacial score (nSPS) is 12.1. The van der Waals surface area contributed by atoms with E-state index in [9.17, 15) is 5.11 Å². The van der Waals surface area contributed by atoms with Crippen molar-refractivity contribution in [1.29, 1.82) is 0 Å². The van der Waals surface area contributed by atoms with E-state index in [1.54, 1.807) is 26.4 Å². The van der Waals surface area contributed by atoms with Gasteiger partial charge in [0.2, 0.25) is 0 Å². The van der Waals surface area contributed by atoms with E-state index in [4.69, 9.17) is 9.47 Å². The van der Waals surface area contributed by atoms with Crippen LogP contribution in [0.1, 0.15) is 17.2 Å². The summed E-state index contributed by atoms with van der Waals surface area (Å²) in [6, 6.07) is 11.1. The third-order valence-corrected chi connectivity index (χ3v) is 3.86. The molecule has 0 heterocycles. The minimum Gasteiger partial charge on any atom is -0.496 e. The van der Waals surface area contributed by atoms with Crippen molar-refractivity contribution < 1.29 is 14.6 Å². The Bertz CT molecular complexity index is 572. The third kappa shape index (κ3) is 3.16. The average Bonchev–Trinajstić information content (AvgIpc) is 2.44. The molecule has 0 bridgehead atoms. The zero-order chi connectivity index (χ0) is 14.7. The van der Waals surface area contributed by atoms with Crippen LogP contribution in [0.4, 0.5) is 0 Å². The van der Waals surface area contributed by atoms with Gasteiger partial charge in [0.25, 0.3) is 0 Å². The topological polar surface area (TPSA) is 38.7 Å². The van der Waals surface area contributed by atoms with Crippen molar-refractivity contribution in [3.8, 4) is 11.5 Å². The lowest BCUT2D eigenvalue weighted by molar-refractivity contribution is 0.208. The molecule has 0 aliphatic carbocycles. The standard InChI is InChI=1S/C15H14Br2O3/c1-19-12-4-3-5-13(20-2)14(12)15(18)9-6-10(16)8-11(17)7-9/h3-8,15,18H,1-2H3. The largest absolute Gasteiger partial charge is 0.496 e. The molecular formula is C15H14Br2O3. The van der Waals surface area contributed by atoms with Crippen molar-refractivity contribution in [1.82, 2.24) is 0 Å². The van der Waals surface area contributed by atoms with Crippen molar-refractivity contribution >= 4 is 31.9 Å². The lowest BCUT2D eigenvalue weighted by atomic mass is 9.99. The zero-order valence-corrected chi connectivity index (χ0v) is 14.2. The first-order valence-electron chi connectivity index (χ1n) is 5.91. The Balaban J connectivity index is 2.54. The lowest BCUT2D eigenvalue weighted by Gasteiger charge is -2.18. The summed E-state index contributed by atoms with van der Waals surface area (Å²) in [5.74, 6) is 1.18. The molecule has 5 heteroatoms. The maximum atomic E-state index is 10.7. The molecule has 0 radical (unpaired) electrons. The van der Waals surface area contributed by atoms with E-state index in [2.05, 4.69) is 31.9 Å². The Kier molecular flexibility index (Phi) is 5.07. The quantitative estimate of drug-likeness (QED) is 0.829. The van der Waals surface area contributed by atoms with E-state index in [1.165, 1.54) is 0 Å². The van der Waals surface area contributed by atoms with Crippen LogP contribution in [0.2, 0.25) is 0 Å². The molecule has 3 nitrogen and oxygen atoms in total. The SMILES string of the molecule is COc1cccc(OC)c1C(O)c1cc(Br)cc(Br)c1. The van der Waals surface area contributed by atoms with E-state index in [-0.39, 0.29) is 0 Å². The highest BCUT2D eigenvalue weighted by atomic mass is 79.9. The average molecular weight is 402 g/mol. The molecule has 0 saturated heterocycles. The second kappa shape index (κ2) is 6.61. The van der Waals surface area contributed by atoms with E-state index >= 15 is 0 Å². The van der Waals surface area contributed by atoms with Gasteiger partial charge in [-0.2, -0.15) is 0 Å². The molecule has 0 fully saturated rings. The Labute approximate surface area is 134 Å². The maximum absolute atomic E-state index is 10.7. The summed E-state index contributed by atoms with van der Waals surface area (Å²) in [5, 5.41) is 10.7. The molecule has 1 unspecified atom stereocenters. The van der Waals surface area contributed by atoms with Gasteiger partial charge in [0.1, 0.15) is 17.6 Å². The predicted molar refractivity (Wildman–Crippen MR) is 85.4 cm³/mol. The summed E-state index contributed by atoms with van der Waals surface area (Å²) >= 11 is 6.84. The second-order valence-electron chi connectivity index (χ2n) is 4.18. The fourth-order valence-electron chi connectivity index (χ4n) is 2.05. The molecule has 2 aromatic carbocycles. The molecule has 2 aromatic rings. The molecule has 0 aromatic heterocycles. The van der Waals surface area contributed by atoms with Crippen LogP contribution in [0, 0.1) is 0 Å². The van der Waals surface area contributed by atoms with Gasteiger partial charge in [-0.3, -0.25) is 0 Å². The van der Waals surface area contributed by atoms with Crippen LogP contribution < -0.4 is 9.47 Å². The minimum absolute atomic E-state index is 0.591. The summed E-state index contributed by atoms with van der Waals surface area (Å²) < 4.78 is 12.4. The number of rotatable bonds is 4. The van der Waals surface area contributed by atoms with Crippen molar-refractivity contribution in [2.24, 2.45) is 0 Å². The first-order valence-corrected chi connectivity index (χ1v) is 7.50. The van der Waals surface area contributed by atoms with Crippen LogP contribution in [0.3, 0.4) is 0 Å². The Morgan fingerprint density at radius 2 is 1.45 bits per heavy atom. The molecule has 0 aliphatic rings. The molecule has 0 spiro atoms. The predicted octanol–water partition coefficient (Wildman–Crippen LogP) is 4.31. The minimum atomic E-state index is -0.838. The number of aliphatic hydroxyl groups excluding tert-OH is 1. The van der Waals surface area contributed by atoms with Gasteiger partial charge in [0.15, 0.2) is 0 Å². The molecule has 0 amide bonds. The molecule has 0 aliphatic heterocycles. The van der Waals surface area contributed by atoms with Crippen LogP contribution >= 0.6 is 31.9 Å². The molecule has 106 valence electrons. The Hall–Kier alpha value is -1.04. The van der Waals surface area contributed by atoms with E-state index in [0.717, 1.165) is 14.5 Å². The van der Waals surface area contributed by atoms with Crippen LogP contribution in [0.25, 0.3) is 0 Å². The first kappa shape index (κ1) is 15.4. The number of hydrogen-bond acceptors (Lipinski definition) is 3. The fraction of sp³-hybridized carbons (Fsp3) is 0.200. The van der Waals surface area contributed by atoms with Gasteiger partial charge >= 0.3 is 0 Å². The zero-order valence-electron chi connectivity index (χ0n) is 11.1. The second-order valence-corrected chi connectivity index (χ2v) is 6.01. The van der Waals surface area contributed by atoms with E-state index in [1.807, 2.05) is 24.3 Å². The Morgan fingerprint density at radius 3 is 1.90 bits per heavy atom. The molecule has 2 rings (SSSR count). The molecule has 1 N–H and O–H groups in total. The van der Waals surface area contributed by atoms with Gasteiger partial charge in [-0.1, -0.05) is 37.9 Å². The van der Waals surface area contributed by atoms with Gasteiger partial charge in [0.05, 0.1) is 19.8 Å². The summed E-state index contributed by atoms with van der Waals surface area (Å²) in [7, 11) is 3.14. The fourth-order valence-corrected chi connectivity index (χ4v) is 3.38. The summed E-state index contributed by atoms with van der Waals surface area (Å²) in [5.41, 5.74) is 1.36. The van der Waals surface area contributed by atoms with E-state index in [0.29, 0.717) is 17.1 Å². The number of benzene rings is 2. The number of ether oxygens (including phenoxy) is 2. The summed E-state index contributed by atoms with van der Waals surface area (Å²) in [4.78, 5) is 0. The maximum Gasteiger partial charge on any atom is 0.128 e. The smallest absolute Gasteiger partial charge is 0.128 e. The van der Waals surface area contributed by atoms with Crippen molar-refractivity contribution in [3.63, 3.8) is 0 Å². The van der Waals surface area contributed by atoms with Crippen molar-refractivity contribution in [3.05, 3.63) is 56.5 Å². The van der Waals surface area contributed by atoms with Gasteiger partial charge in [0, 0.05) is 8.95 Å². The third-order valence-electron chi connectivity index (χ3n) is 2.94. The highest BCUT2D eigenvalue weighted by Crippen LogP contribution is 2.38. The molecular weight excluding hydrogens is 388 g/mol. The van der Waals surface area contributed by atoms with Gasteiger partial charge in [-0.15, -0.1) is 0 Å².